The van der Waals surface area contributed by atoms with Crippen LogP contribution >= 0.6 is 11.6 Å². The van der Waals surface area contributed by atoms with Crippen molar-refractivity contribution in [3.63, 3.8) is 0 Å². The Labute approximate surface area is 130 Å². The Balaban J connectivity index is 2.17. The molecule has 0 bridgehead atoms. The number of hydrogen-bond acceptors (Lipinski definition) is 4. The molecule has 1 fully saturated rings. The van der Waals surface area contributed by atoms with E-state index in [2.05, 4.69) is 23.6 Å². The summed E-state index contributed by atoms with van der Waals surface area (Å²) in [6, 6.07) is 5.54. The van der Waals surface area contributed by atoms with E-state index in [-0.39, 0.29) is 10.6 Å². The molecule has 1 aliphatic heterocycles. The summed E-state index contributed by atoms with van der Waals surface area (Å²) in [6.07, 6.45) is 1.13. The second-order valence-electron chi connectivity index (χ2n) is 5.31. The molecule has 1 aliphatic rings. The lowest BCUT2D eigenvalue weighted by atomic mass is 10.1. The van der Waals surface area contributed by atoms with Crippen LogP contribution in [0.2, 0.25) is 0 Å². The number of likely N-dealkylation sites (N-methyl/N-ethyl adjacent to an activating group) is 1. The molecule has 2 rings (SSSR count). The van der Waals surface area contributed by atoms with E-state index in [1.165, 1.54) is 0 Å². The normalized spacial score (nSPS) is 18.5. The Morgan fingerprint density at radius 2 is 2.14 bits per heavy atom. The predicted octanol–water partition coefficient (Wildman–Crippen LogP) is 3.25. The second kappa shape index (κ2) is 7.09. The number of non-ortho nitro benzene ring substituents is 1. The molecule has 1 heterocycles. The molecule has 0 saturated carbocycles. The van der Waals surface area contributed by atoms with Gasteiger partial charge in [0.15, 0.2) is 0 Å². The van der Waals surface area contributed by atoms with Crippen molar-refractivity contribution in [2.24, 2.45) is 0 Å². The van der Waals surface area contributed by atoms with Gasteiger partial charge in [0.25, 0.3) is 5.69 Å². The molecule has 1 aromatic carbocycles. The smallest absolute Gasteiger partial charge is 0.269 e. The van der Waals surface area contributed by atoms with Gasteiger partial charge in [0.05, 0.1) is 4.92 Å². The van der Waals surface area contributed by atoms with Crippen LogP contribution < -0.4 is 4.90 Å². The minimum absolute atomic E-state index is 0.105. The summed E-state index contributed by atoms with van der Waals surface area (Å²) in [6.45, 7) is 8.41. The standard InChI is InChI=1S/C15H22ClN3O2/c1-3-17(4-2)14-7-8-18(11-14)15-6-5-13(19(20)21)9-12(15)10-16/h5-6,9,14H,3-4,7-8,10-11H2,1-2H3. The van der Waals surface area contributed by atoms with Gasteiger partial charge >= 0.3 is 0 Å². The first kappa shape index (κ1) is 16.0. The van der Waals surface area contributed by atoms with E-state index in [0.717, 1.165) is 43.9 Å². The highest BCUT2D eigenvalue weighted by Crippen LogP contribution is 2.30. The van der Waals surface area contributed by atoms with E-state index in [4.69, 9.17) is 11.6 Å². The summed E-state index contributed by atoms with van der Waals surface area (Å²) in [4.78, 5) is 15.3. The number of halogens is 1. The van der Waals surface area contributed by atoms with Gasteiger partial charge in [-0.3, -0.25) is 15.0 Å². The third-order valence-corrected chi connectivity index (χ3v) is 4.54. The molecule has 0 radical (unpaired) electrons. The van der Waals surface area contributed by atoms with Crippen LogP contribution in [-0.2, 0) is 5.88 Å². The zero-order valence-electron chi connectivity index (χ0n) is 12.6. The fraction of sp³-hybridized carbons (Fsp3) is 0.600. The Morgan fingerprint density at radius 3 is 2.71 bits per heavy atom. The van der Waals surface area contributed by atoms with Crippen molar-refractivity contribution >= 4 is 23.0 Å². The number of nitro groups is 1. The van der Waals surface area contributed by atoms with E-state index in [1.54, 1.807) is 12.1 Å². The molecule has 1 unspecified atom stereocenters. The summed E-state index contributed by atoms with van der Waals surface area (Å²) < 4.78 is 0. The van der Waals surface area contributed by atoms with Crippen LogP contribution in [-0.4, -0.2) is 42.0 Å². The minimum Gasteiger partial charge on any atom is -0.370 e. The first-order chi connectivity index (χ1) is 10.1. The SMILES string of the molecule is CCN(CC)C1CCN(c2ccc([N+](=O)[O-])cc2CCl)C1. The van der Waals surface area contributed by atoms with Crippen LogP contribution in [0, 0.1) is 10.1 Å². The lowest BCUT2D eigenvalue weighted by Crippen LogP contribution is -2.37. The minimum atomic E-state index is -0.373. The van der Waals surface area contributed by atoms with Crippen molar-refractivity contribution in [2.45, 2.75) is 32.2 Å². The molecule has 1 saturated heterocycles. The zero-order chi connectivity index (χ0) is 15.4. The van der Waals surface area contributed by atoms with Crippen molar-refractivity contribution in [1.29, 1.82) is 0 Å². The maximum absolute atomic E-state index is 10.9. The van der Waals surface area contributed by atoms with Crippen LogP contribution in [0.3, 0.4) is 0 Å². The molecule has 6 heteroatoms. The van der Waals surface area contributed by atoms with Crippen LogP contribution in [0.1, 0.15) is 25.8 Å². The van der Waals surface area contributed by atoms with Gasteiger partial charge in [-0.2, -0.15) is 0 Å². The number of alkyl halides is 1. The van der Waals surface area contributed by atoms with Gasteiger partial charge in [-0.25, -0.2) is 0 Å². The number of benzene rings is 1. The molecule has 0 aliphatic carbocycles. The van der Waals surface area contributed by atoms with Gasteiger partial charge in [0.1, 0.15) is 0 Å². The number of anilines is 1. The Morgan fingerprint density at radius 1 is 1.43 bits per heavy atom. The van der Waals surface area contributed by atoms with Gasteiger partial charge in [-0.15, -0.1) is 11.6 Å². The average Bonchev–Trinajstić information content (AvgIpc) is 2.97. The summed E-state index contributed by atoms with van der Waals surface area (Å²) in [5, 5.41) is 10.9. The Hall–Kier alpha value is -1.33. The number of rotatable bonds is 6. The summed E-state index contributed by atoms with van der Waals surface area (Å²) >= 11 is 5.98. The van der Waals surface area contributed by atoms with Crippen LogP contribution in [0.5, 0.6) is 0 Å². The lowest BCUT2D eigenvalue weighted by molar-refractivity contribution is -0.384. The fourth-order valence-corrected chi connectivity index (χ4v) is 3.31. The first-order valence-corrected chi connectivity index (χ1v) is 7.96. The Bertz CT molecular complexity index is 506. The van der Waals surface area contributed by atoms with E-state index in [0.29, 0.717) is 11.9 Å². The lowest BCUT2D eigenvalue weighted by Gasteiger charge is -2.27. The molecule has 116 valence electrons. The average molecular weight is 312 g/mol. The van der Waals surface area contributed by atoms with Crippen molar-refractivity contribution in [3.8, 4) is 0 Å². The van der Waals surface area contributed by atoms with Crippen LogP contribution in [0.15, 0.2) is 18.2 Å². The van der Waals surface area contributed by atoms with Crippen molar-refractivity contribution in [2.75, 3.05) is 31.1 Å². The van der Waals surface area contributed by atoms with Gasteiger partial charge in [0.2, 0.25) is 0 Å². The van der Waals surface area contributed by atoms with Gasteiger partial charge in [-0.05, 0) is 31.1 Å². The number of nitrogens with zero attached hydrogens (tertiary/aromatic N) is 3. The van der Waals surface area contributed by atoms with Gasteiger partial charge < -0.3 is 4.90 Å². The van der Waals surface area contributed by atoms with Gasteiger partial charge in [-0.1, -0.05) is 13.8 Å². The molecule has 1 atom stereocenters. The zero-order valence-corrected chi connectivity index (χ0v) is 13.3. The van der Waals surface area contributed by atoms with Gasteiger partial charge in [0, 0.05) is 42.8 Å². The Kier molecular flexibility index (Phi) is 5.42. The van der Waals surface area contributed by atoms with Crippen LogP contribution in [0.4, 0.5) is 11.4 Å². The summed E-state index contributed by atoms with van der Waals surface area (Å²) in [5.74, 6) is 0.295. The maximum Gasteiger partial charge on any atom is 0.269 e. The number of nitro benzene ring substituents is 1. The van der Waals surface area contributed by atoms with E-state index in [1.807, 2.05) is 6.07 Å². The predicted molar refractivity (Wildman–Crippen MR) is 86.2 cm³/mol. The molecular formula is C15H22ClN3O2. The fourth-order valence-electron chi connectivity index (χ4n) is 3.10. The molecule has 21 heavy (non-hydrogen) atoms. The highest BCUT2D eigenvalue weighted by molar-refractivity contribution is 6.17. The highest BCUT2D eigenvalue weighted by Gasteiger charge is 2.27. The maximum atomic E-state index is 10.9. The summed E-state index contributed by atoms with van der Waals surface area (Å²) in [7, 11) is 0. The molecule has 5 nitrogen and oxygen atoms in total. The molecular weight excluding hydrogens is 290 g/mol. The van der Waals surface area contributed by atoms with Crippen molar-refractivity contribution < 1.29 is 4.92 Å². The topological polar surface area (TPSA) is 49.6 Å². The van der Waals surface area contributed by atoms with Crippen molar-refractivity contribution in [1.82, 2.24) is 4.90 Å². The largest absolute Gasteiger partial charge is 0.370 e. The first-order valence-electron chi connectivity index (χ1n) is 7.43. The van der Waals surface area contributed by atoms with Crippen LogP contribution in [0.25, 0.3) is 0 Å². The van der Waals surface area contributed by atoms with E-state index in [9.17, 15) is 10.1 Å². The highest BCUT2D eigenvalue weighted by atomic mass is 35.5. The second-order valence-corrected chi connectivity index (χ2v) is 5.58. The third kappa shape index (κ3) is 3.47. The molecule has 0 aromatic heterocycles. The monoisotopic (exact) mass is 311 g/mol. The molecule has 1 aromatic rings. The molecule has 0 N–H and O–H groups in total. The van der Waals surface area contributed by atoms with E-state index < -0.39 is 0 Å². The summed E-state index contributed by atoms with van der Waals surface area (Å²) in [5.41, 5.74) is 1.98. The third-order valence-electron chi connectivity index (χ3n) is 4.25. The van der Waals surface area contributed by atoms with Crippen molar-refractivity contribution in [3.05, 3.63) is 33.9 Å². The molecule has 0 spiro atoms. The quantitative estimate of drug-likeness (QED) is 0.460. The number of hydrogen-bond donors (Lipinski definition) is 0. The molecule has 0 amide bonds. The van der Waals surface area contributed by atoms with E-state index >= 15 is 0 Å².